The summed E-state index contributed by atoms with van der Waals surface area (Å²) < 4.78 is 0. The van der Waals surface area contributed by atoms with E-state index in [-0.39, 0.29) is 5.41 Å². The molecule has 0 aliphatic carbocycles. The smallest absolute Gasteiger partial charge is 0.0502 e. The minimum atomic E-state index is 0.0702. The van der Waals surface area contributed by atoms with Crippen molar-refractivity contribution in [3.8, 4) is 0 Å². The van der Waals surface area contributed by atoms with E-state index < -0.39 is 0 Å². The zero-order valence-electron chi connectivity index (χ0n) is 11.7. The van der Waals surface area contributed by atoms with Gasteiger partial charge in [0.1, 0.15) is 0 Å². The quantitative estimate of drug-likeness (QED) is 0.883. The van der Waals surface area contributed by atoms with Crippen molar-refractivity contribution < 1.29 is 5.11 Å². The molecule has 1 aromatic rings. The van der Waals surface area contributed by atoms with Crippen LogP contribution in [0.15, 0.2) is 24.3 Å². The molecule has 0 bridgehead atoms. The summed E-state index contributed by atoms with van der Waals surface area (Å²) in [5.41, 5.74) is 2.81. The Balaban J connectivity index is 2.08. The van der Waals surface area contributed by atoms with Gasteiger partial charge in [0.25, 0.3) is 0 Å². The van der Waals surface area contributed by atoms with Gasteiger partial charge >= 0.3 is 0 Å². The predicted octanol–water partition coefficient (Wildman–Crippen LogP) is 2.50. The lowest BCUT2D eigenvalue weighted by Gasteiger charge is -2.40. The highest BCUT2D eigenvalue weighted by Gasteiger charge is 2.33. The second-order valence-corrected chi connectivity index (χ2v) is 5.85. The first-order valence-electron chi connectivity index (χ1n) is 7.05. The van der Waals surface area contributed by atoms with Crippen LogP contribution in [0, 0.1) is 5.41 Å². The van der Waals surface area contributed by atoms with E-state index >= 15 is 0 Å². The fourth-order valence-electron chi connectivity index (χ4n) is 3.11. The first kappa shape index (κ1) is 13.6. The third kappa shape index (κ3) is 3.12. The van der Waals surface area contributed by atoms with E-state index in [0.717, 1.165) is 32.4 Å². The predicted molar refractivity (Wildman–Crippen MR) is 75.8 cm³/mol. The van der Waals surface area contributed by atoms with Crippen molar-refractivity contribution in [3.63, 3.8) is 0 Å². The third-order valence-corrected chi connectivity index (χ3v) is 4.20. The molecule has 1 fully saturated rings. The van der Waals surface area contributed by atoms with Gasteiger partial charge in [-0.05, 0) is 50.4 Å². The van der Waals surface area contributed by atoms with Gasteiger partial charge in [-0.1, -0.05) is 31.2 Å². The van der Waals surface area contributed by atoms with Gasteiger partial charge in [-0.15, -0.1) is 0 Å². The number of aryl methyl sites for hydroxylation is 1. The van der Waals surface area contributed by atoms with E-state index in [0.29, 0.717) is 6.61 Å². The first-order valence-corrected chi connectivity index (χ1v) is 7.05. The van der Waals surface area contributed by atoms with Crippen molar-refractivity contribution in [2.24, 2.45) is 5.41 Å². The Hall–Kier alpha value is -0.860. The summed E-state index contributed by atoms with van der Waals surface area (Å²) in [4.78, 5) is 2.35. The standard InChI is InChI=1S/C16H25NO/c1-3-14-5-7-15(8-6-14)11-16(13-18)9-4-10-17(2)12-16/h5-8,18H,3-4,9-13H2,1-2H3. The van der Waals surface area contributed by atoms with Crippen LogP contribution in [0.2, 0.25) is 0 Å². The van der Waals surface area contributed by atoms with Crippen molar-refractivity contribution in [1.29, 1.82) is 0 Å². The molecule has 1 N–H and O–H groups in total. The number of hydrogen-bond donors (Lipinski definition) is 1. The van der Waals surface area contributed by atoms with Crippen LogP contribution < -0.4 is 0 Å². The van der Waals surface area contributed by atoms with E-state index in [2.05, 4.69) is 43.1 Å². The van der Waals surface area contributed by atoms with Crippen molar-refractivity contribution in [2.45, 2.75) is 32.6 Å². The lowest BCUT2D eigenvalue weighted by Crippen LogP contribution is -2.44. The number of nitrogens with zero attached hydrogens (tertiary/aromatic N) is 1. The maximum atomic E-state index is 9.79. The molecule has 1 aromatic carbocycles. The first-order chi connectivity index (χ1) is 8.67. The maximum absolute atomic E-state index is 9.79. The Morgan fingerprint density at radius 2 is 1.89 bits per heavy atom. The summed E-state index contributed by atoms with van der Waals surface area (Å²) in [5.74, 6) is 0. The molecule has 2 rings (SSSR count). The number of hydrogen-bond acceptors (Lipinski definition) is 2. The van der Waals surface area contributed by atoms with E-state index in [4.69, 9.17) is 0 Å². The highest BCUT2D eigenvalue weighted by molar-refractivity contribution is 5.23. The van der Waals surface area contributed by atoms with E-state index in [1.807, 2.05) is 0 Å². The van der Waals surface area contributed by atoms with Crippen LogP contribution in [-0.2, 0) is 12.8 Å². The van der Waals surface area contributed by atoms with Crippen molar-refractivity contribution >= 4 is 0 Å². The average Bonchev–Trinajstić information content (AvgIpc) is 2.39. The summed E-state index contributed by atoms with van der Waals surface area (Å²) in [7, 11) is 2.16. The van der Waals surface area contributed by atoms with Crippen LogP contribution >= 0.6 is 0 Å². The molecule has 0 radical (unpaired) electrons. The fourth-order valence-corrected chi connectivity index (χ4v) is 3.11. The molecule has 1 aliphatic heterocycles. The topological polar surface area (TPSA) is 23.5 Å². The van der Waals surface area contributed by atoms with Crippen molar-refractivity contribution in [3.05, 3.63) is 35.4 Å². The second kappa shape index (κ2) is 5.85. The Labute approximate surface area is 111 Å². The van der Waals surface area contributed by atoms with Gasteiger partial charge in [-0.25, -0.2) is 0 Å². The molecule has 0 aromatic heterocycles. The normalized spacial score (nSPS) is 25.3. The van der Waals surface area contributed by atoms with Crippen LogP contribution in [0.3, 0.4) is 0 Å². The lowest BCUT2D eigenvalue weighted by molar-refractivity contribution is 0.0439. The van der Waals surface area contributed by atoms with E-state index in [9.17, 15) is 5.11 Å². The van der Waals surface area contributed by atoms with E-state index in [1.54, 1.807) is 0 Å². The monoisotopic (exact) mass is 247 g/mol. The zero-order valence-corrected chi connectivity index (χ0v) is 11.7. The highest BCUT2D eigenvalue weighted by Crippen LogP contribution is 2.32. The molecule has 1 saturated heterocycles. The summed E-state index contributed by atoms with van der Waals surface area (Å²) in [5, 5.41) is 9.79. The third-order valence-electron chi connectivity index (χ3n) is 4.20. The second-order valence-electron chi connectivity index (χ2n) is 5.85. The average molecular weight is 247 g/mol. The largest absolute Gasteiger partial charge is 0.396 e. The van der Waals surface area contributed by atoms with Crippen molar-refractivity contribution in [1.82, 2.24) is 4.90 Å². The molecule has 0 spiro atoms. The van der Waals surface area contributed by atoms with Gasteiger partial charge in [-0.2, -0.15) is 0 Å². The number of aliphatic hydroxyl groups is 1. The Morgan fingerprint density at radius 1 is 1.22 bits per heavy atom. The van der Waals surface area contributed by atoms with E-state index in [1.165, 1.54) is 17.5 Å². The molecule has 2 nitrogen and oxygen atoms in total. The van der Waals surface area contributed by atoms with Crippen LogP contribution in [0.25, 0.3) is 0 Å². The number of piperidine rings is 1. The summed E-state index contributed by atoms with van der Waals surface area (Å²) in [6.45, 7) is 4.66. The molecular formula is C16H25NO. The van der Waals surface area contributed by atoms with Crippen molar-refractivity contribution in [2.75, 3.05) is 26.7 Å². The Morgan fingerprint density at radius 3 is 2.44 bits per heavy atom. The summed E-state index contributed by atoms with van der Waals surface area (Å²) in [6.07, 6.45) is 4.43. The van der Waals surface area contributed by atoms with Gasteiger partial charge in [-0.3, -0.25) is 0 Å². The number of rotatable bonds is 4. The number of benzene rings is 1. The van der Waals surface area contributed by atoms with Crippen LogP contribution in [-0.4, -0.2) is 36.8 Å². The van der Waals surface area contributed by atoms with Gasteiger partial charge in [0.15, 0.2) is 0 Å². The van der Waals surface area contributed by atoms with Gasteiger partial charge < -0.3 is 10.0 Å². The Bertz CT molecular complexity index is 373. The molecule has 2 heteroatoms. The number of likely N-dealkylation sites (tertiary alicyclic amines) is 1. The lowest BCUT2D eigenvalue weighted by atomic mass is 9.76. The molecule has 18 heavy (non-hydrogen) atoms. The highest BCUT2D eigenvalue weighted by atomic mass is 16.3. The molecule has 1 aliphatic rings. The van der Waals surface area contributed by atoms with Crippen LogP contribution in [0.5, 0.6) is 0 Å². The van der Waals surface area contributed by atoms with Gasteiger partial charge in [0.05, 0.1) is 6.61 Å². The molecule has 1 unspecified atom stereocenters. The van der Waals surface area contributed by atoms with Gasteiger partial charge in [0.2, 0.25) is 0 Å². The molecular weight excluding hydrogens is 222 g/mol. The molecule has 0 saturated carbocycles. The molecule has 1 atom stereocenters. The molecule has 100 valence electrons. The minimum Gasteiger partial charge on any atom is -0.396 e. The molecule has 1 heterocycles. The fraction of sp³-hybridized carbons (Fsp3) is 0.625. The summed E-state index contributed by atoms with van der Waals surface area (Å²) >= 11 is 0. The van der Waals surface area contributed by atoms with Gasteiger partial charge in [0, 0.05) is 12.0 Å². The Kier molecular flexibility index (Phi) is 4.41. The SMILES string of the molecule is CCc1ccc(CC2(CO)CCCN(C)C2)cc1. The minimum absolute atomic E-state index is 0.0702. The maximum Gasteiger partial charge on any atom is 0.0502 e. The summed E-state index contributed by atoms with van der Waals surface area (Å²) in [6, 6.07) is 8.88. The molecule has 0 amide bonds. The van der Waals surface area contributed by atoms with Crippen LogP contribution in [0.4, 0.5) is 0 Å². The van der Waals surface area contributed by atoms with Crippen LogP contribution in [0.1, 0.15) is 30.9 Å². The zero-order chi connectivity index (χ0) is 13.0. The number of aliphatic hydroxyl groups excluding tert-OH is 1.